The lowest BCUT2D eigenvalue weighted by Gasteiger charge is -2.29. The Labute approximate surface area is 179 Å². The molecule has 1 amide bonds. The Morgan fingerprint density at radius 2 is 1.73 bits per heavy atom. The van der Waals surface area contributed by atoms with Crippen LogP contribution in [0.2, 0.25) is 0 Å². The molecule has 1 aromatic carbocycles. The number of aromatic nitrogens is 1. The van der Waals surface area contributed by atoms with E-state index >= 15 is 0 Å². The van der Waals surface area contributed by atoms with Crippen molar-refractivity contribution in [2.45, 2.75) is 66.5 Å². The number of rotatable bonds is 7. The normalized spacial score (nSPS) is 18.8. The van der Waals surface area contributed by atoms with E-state index in [0.29, 0.717) is 24.6 Å². The van der Waals surface area contributed by atoms with Crippen molar-refractivity contribution in [2.24, 2.45) is 11.8 Å². The smallest absolute Gasteiger partial charge is 0.339 e. The molecular weight excluding hydrogens is 376 g/mol. The van der Waals surface area contributed by atoms with E-state index in [1.54, 1.807) is 0 Å². The maximum Gasteiger partial charge on any atom is 0.339 e. The zero-order valence-corrected chi connectivity index (χ0v) is 18.7. The van der Waals surface area contributed by atoms with Gasteiger partial charge in [-0.1, -0.05) is 29.8 Å². The van der Waals surface area contributed by atoms with Crippen LogP contribution in [-0.4, -0.2) is 23.1 Å². The largest absolute Gasteiger partial charge is 0.462 e. The minimum absolute atomic E-state index is 0.105. The Balaban J connectivity index is 1.50. The number of hydrogen-bond donors (Lipinski definition) is 1. The van der Waals surface area contributed by atoms with E-state index in [-0.39, 0.29) is 17.8 Å². The molecule has 0 saturated heterocycles. The molecule has 0 spiro atoms. The minimum atomic E-state index is -0.245. The van der Waals surface area contributed by atoms with E-state index in [9.17, 15) is 9.59 Å². The fourth-order valence-electron chi connectivity index (χ4n) is 4.40. The first-order valence-electron chi connectivity index (χ1n) is 11.1. The Bertz CT molecular complexity index is 875. The van der Waals surface area contributed by atoms with Gasteiger partial charge in [0.15, 0.2) is 0 Å². The van der Waals surface area contributed by atoms with E-state index in [1.165, 1.54) is 5.56 Å². The molecule has 1 aliphatic rings. The lowest BCUT2D eigenvalue weighted by atomic mass is 9.81. The highest BCUT2D eigenvalue weighted by Crippen LogP contribution is 2.31. The molecule has 1 fully saturated rings. The predicted molar refractivity (Wildman–Crippen MR) is 118 cm³/mol. The summed E-state index contributed by atoms with van der Waals surface area (Å²) in [6.07, 6.45) is 3.92. The van der Waals surface area contributed by atoms with Gasteiger partial charge in [0.1, 0.15) is 0 Å². The molecule has 0 unspecified atom stereocenters. The van der Waals surface area contributed by atoms with Crippen molar-refractivity contribution < 1.29 is 14.3 Å². The van der Waals surface area contributed by atoms with Crippen molar-refractivity contribution in [3.05, 3.63) is 58.4 Å². The van der Waals surface area contributed by atoms with Gasteiger partial charge in [-0.05, 0) is 70.9 Å². The fraction of sp³-hybridized carbons (Fsp3) is 0.520. The maximum absolute atomic E-state index is 12.6. The number of hydrogen-bond acceptors (Lipinski definition) is 3. The maximum atomic E-state index is 12.6. The third kappa shape index (κ3) is 5.32. The van der Waals surface area contributed by atoms with Crippen LogP contribution in [0, 0.1) is 32.6 Å². The first kappa shape index (κ1) is 22.1. The summed E-state index contributed by atoms with van der Waals surface area (Å²) in [5.74, 6) is 0.567. The van der Waals surface area contributed by atoms with E-state index in [1.807, 2.05) is 26.8 Å². The zero-order chi connectivity index (χ0) is 21.7. The highest BCUT2D eigenvalue weighted by molar-refractivity contribution is 5.91. The highest BCUT2D eigenvalue weighted by atomic mass is 16.5. The minimum Gasteiger partial charge on any atom is -0.462 e. The second kappa shape index (κ2) is 9.96. The molecule has 1 aromatic heterocycles. The average molecular weight is 411 g/mol. The van der Waals surface area contributed by atoms with Crippen LogP contribution in [0.15, 0.2) is 30.3 Å². The predicted octanol–water partition coefficient (Wildman–Crippen LogP) is 4.71. The number of amides is 1. The molecule has 5 heteroatoms. The van der Waals surface area contributed by atoms with Crippen LogP contribution in [0.3, 0.4) is 0 Å². The number of nitrogens with zero attached hydrogens (tertiary/aromatic N) is 1. The summed E-state index contributed by atoms with van der Waals surface area (Å²) in [5, 5.41) is 3.10. The van der Waals surface area contributed by atoms with Crippen molar-refractivity contribution in [3.8, 4) is 0 Å². The number of benzene rings is 1. The number of carbonyl (C=O) groups is 2. The van der Waals surface area contributed by atoms with E-state index < -0.39 is 0 Å². The molecule has 5 nitrogen and oxygen atoms in total. The molecule has 30 heavy (non-hydrogen) atoms. The number of aryl methyl sites for hydroxylation is 2. The topological polar surface area (TPSA) is 60.3 Å². The van der Waals surface area contributed by atoms with Gasteiger partial charge in [0.25, 0.3) is 0 Å². The van der Waals surface area contributed by atoms with E-state index in [0.717, 1.165) is 49.2 Å². The summed E-state index contributed by atoms with van der Waals surface area (Å²) in [5.41, 5.74) is 5.10. The van der Waals surface area contributed by atoms with E-state index in [2.05, 4.69) is 41.1 Å². The van der Waals surface area contributed by atoms with Gasteiger partial charge in [-0.3, -0.25) is 4.79 Å². The monoisotopic (exact) mass is 410 g/mol. The molecule has 2 aromatic rings. The molecule has 0 bridgehead atoms. The van der Waals surface area contributed by atoms with Crippen LogP contribution in [0.25, 0.3) is 0 Å². The fourth-order valence-corrected chi connectivity index (χ4v) is 4.40. The van der Waals surface area contributed by atoms with Crippen LogP contribution < -0.4 is 5.32 Å². The number of nitrogens with one attached hydrogen (secondary N) is 1. The second-order valence-electron chi connectivity index (χ2n) is 8.54. The van der Waals surface area contributed by atoms with Gasteiger partial charge < -0.3 is 14.6 Å². The van der Waals surface area contributed by atoms with Gasteiger partial charge in [0, 0.05) is 30.4 Å². The van der Waals surface area contributed by atoms with Crippen molar-refractivity contribution in [3.63, 3.8) is 0 Å². The Hall–Kier alpha value is -2.56. The molecule has 3 rings (SSSR count). The molecule has 0 radical (unpaired) electrons. The number of esters is 1. The third-order valence-corrected chi connectivity index (χ3v) is 6.31. The second-order valence-corrected chi connectivity index (χ2v) is 8.54. The van der Waals surface area contributed by atoms with Gasteiger partial charge in [0.05, 0.1) is 12.2 Å². The zero-order valence-electron chi connectivity index (χ0n) is 18.7. The first-order chi connectivity index (χ1) is 14.4. The molecule has 1 heterocycles. The molecule has 1 N–H and O–H groups in total. The van der Waals surface area contributed by atoms with Gasteiger partial charge in [-0.2, -0.15) is 0 Å². The lowest BCUT2D eigenvalue weighted by molar-refractivity contribution is -0.126. The van der Waals surface area contributed by atoms with Gasteiger partial charge in [-0.25, -0.2) is 4.79 Å². The summed E-state index contributed by atoms with van der Waals surface area (Å²) < 4.78 is 7.40. The Kier molecular flexibility index (Phi) is 7.35. The molecule has 0 aliphatic heterocycles. The van der Waals surface area contributed by atoms with Crippen LogP contribution in [0.5, 0.6) is 0 Å². The number of carbonyl (C=O) groups excluding carboxylic acids is 2. The lowest BCUT2D eigenvalue weighted by Crippen LogP contribution is -2.33. The molecule has 1 aliphatic carbocycles. The standard InChI is InChI=1S/C25H34N2O3/c1-5-30-25(29)23-14-18(3)27(19(23)4)16-21-10-12-22(13-11-21)24(28)26-15-20-8-6-17(2)7-9-20/h6-9,14,21-22H,5,10-13,15-16H2,1-4H3,(H,26,28). The highest BCUT2D eigenvalue weighted by Gasteiger charge is 2.27. The van der Waals surface area contributed by atoms with Gasteiger partial charge in [0.2, 0.25) is 5.91 Å². The molecule has 162 valence electrons. The van der Waals surface area contributed by atoms with Crippen molar-refractivity contribution >= 4 is 11.9 Å². The third-order valence-electron chi connectivity index (χ3n) is 6.31. The summed E-state index contributed by atoms with van der Waals surface area (Å²) in [7, 11) is 0. The summed E-state index contributed by atoms with van der Waals surface area (Å²) in [4.78, 5) is 24.7. The van der Waals surface area contributed by atoms with Crippen LogP contribution in [0.1, 0.15) is 65.5 Å². The summed E-state index contributed by atoms with van der Waals surface area (Å²) in [6.45, 7) is 9.80. The SMILES string of the molecule is CCOC(=O)c1cc(C)n(CC2CCC(C(=O)NCc3ccc(C)cc3)CC2)c1C. The van der Waals surface area contributed by atoms with Crippen molar-refractivity contribution in [2.75, 3.05) is 6.61 Å². The van der Waals surface area contributed by atoms with Crippen LogP contribution in [-0.2, 0) is 22.6 Å². The quantitative estimate of drug-likeness (QED) is 0.672. The average Bonchev–Trinajstić information content (AvgIpc) is 3.02. The van der Waals surface area contributed by atoms with Crippen LogP contribution >= 0.6 is 0 Å². The summed E-state index contributed by atoms with van der Waals surface area (Å²) >= 11 is 0. The molecular formula is C25H34N2O3. The Morgan fingerprint density at radius 1 is 1.07 bits per heavy atom. The van der Waals surface area contributed by atoms with Crippen LogP contribution in [0.4, 0.5) is 0 Å². The molecule has 0 atom stereocenters. The van der Waals surface area contributed by atoms with Gasteiger partial charge in [-0.15, -0.1) is 0 Å². The van der Waals surface area contributed by atoms with Crippen molar-refractivity contribution in [1.82, 2.24) is 9.88 Å². The molecule has 1 saturated carbocycles. The number of ether oxygens (including phenoxy) is 1. The first-order valence-corrected chi connectivity index (χ1v) is 11.1. The van der Waals surface area contributed by atoms with Crippen molar-refractivity contribution in [1.29, 1.82) is 0 Å². The summed E-state index contributed by atoms with van der Waals surface area (Å²) in [6, 6.07) is 10.2. The van der Waals surface area contributed by atoms with E-state index in [4.69, 9.17) is 4.74 Å². The Morgan fingerprint density at radius 3 is 2.37 bits per heavy atom. The van der Waals surface area contributed by atoms with Gasteiger partial charge >= 0.3 is 5.97 Å².